The number of benzene rings is 2. The number of aromatic amines is 2. The molecule has 0 unspecified atom stereocenters. The second kappa shape index (κ2) is 17.0. The van der Waals surface area contributed by atoms with Crippen molar-refractivity contribution in [2.75, 3.05) is 27.3 Å². The van der Waals surface area contributed by atoms with Crippen LogP contribution in [0.4, 0.5) is 9.59 Å². The number of carbonyl (C=O) groups is 4. The summed E-state index contributed by atoms with van der Waals surface area (Å²) in [7, 11) is 2.57. The summed E-state index contributed by atoms with van der Waals surface area (Å²) in [6.45, 7) is 4.93. The van der Waals surface area contributed by atoms with Crippen LogP contribution in [0.1, 0.15) is 86.1 Å². The number of nitrogens with one attached hydrogen (secondary N) is 4. The summed E-state index contributed by atoms with van der Waals surface area (Å²) in [6.07, 6.45) is 3.54. The van der Waals surface area contributed by atoms with E-state index in [1.54, 1.807) is 33.8 Å². The third-order valence-electron chi connectivity index (χ3n) is 10.9. The van der Waals surface area contributed by atoms with Crippen LogP contribution in [-0.2, 0) is 19.1 Å². The van der Waals surface area contributed by atoms with Crippen LogP contribution in [0.2, 0.25) is 0 Å². The quantitative estimate of drug-likeness (QED) is 0.109. The van der Waals surface area contributed by atoms with Crippen molar-refractivity contribution in [1.82, 2.24) is 40.4 Å². The Morgan fingerprint density at radius 3 is 2.25 bits per heavy atom. The zero-order valence-corrected chi connectivity index (χ0v) is 34.7. The summed E-state index contributed by atoms with van der Waals surface area (Å²) in [4.78, 5) is 71.7. The number of methoxy groups -OCH3 is 2. The van der Waals surface area contributed by atoms with Gasteiger partial charge in [0.1, 0.15) is 29.4 Å². The number of rotatable bonds is 9. The van der Waals surface area contributed by atoms with Crippen LogP contribution >= 0.6 is 22.7 Å². The standard InChI is InChI=1S/C43H44N8O6S2/c1-24(2)34(48-42(54)56-3)40(52)51-19-9-13-33(51)39-46-30-17-15-26(20-31(30)47-39)29-23-59-36-27(22-58-37(29)36)14-16-28-21-44-38(45-28)32-12-8-18-50(32)41(53)35(49-43(55)57-4)25-10-6-5-7-11-25/h5-7,10-11,15,17,20-24,32-35H,8-9,12-13,18-19H2,1-4H3,(H,44,45)(H,46,47)(H,48,54)(H,49,55)/t32-,33+,34+,35+/m0/s1. The first-order valence-electron chi connectivity index (χ1n) is 19.5. The molecule has 2 aliphatic heterocycles. The number of likely N-dealkylation sites (tertiary alicyclic amines) is 2. The van der Waals surface area contributed by atoms with E-state index < -0.39 is 24.3 Å². The van der Waals surface area contributed by atoms with Gasteiger partial charge < -0.3 is 39.9 Å². The molecule has 8 rings (SSSR count). The highest BCUT2D eigenvalue weighted by Crippen LogP contribution is 2.41. The first-order valence-corrected chi connectivity index (χ1v) is 21.3. The number of hydrogen-bond acceptors (Lipinski definition) is 10. The Morgan fingerprint density at radius 2 is 1.53 bits per heavy atom. The second-order valence-corrected chi connectivity index (χ2v) is 16.7. The summed E-state index contributed by atoms with van der Waals surface area (Å²) in [5, 5.41) is 9.64. The van der Waals surface area contributed by atoms with Crippen LogP contribution < -0.4 is 10.6 Å². The van der Waals surface area contributed by atoms with Crippen LogP contribution in [0.3, 0.4) is 0 Å². The van der Waals surface area contributed by atoms with Crippen LogP contribution in [0.25, 0.3) is 31.6 Å². The molecular weight excluding hydrogens is 789 g/mol. The predicted molar refractivity (Wildman–Crippen MR) is 226 cm³/mol. The number of imidazole rings is 2. The molecule has 4 atom stereocenters. The minimum atomic E-state index is -0.893. The first-order chi connectivity index (χ1) is 28.6. The fourth-order valence-electron chi connectivity index (χ4n) is 7.95. The molecule has 0 spiro atoms. The number of hydrogen-bond donors (Lipinski definition) is 4. The number of alkyl carbamates (subject to hydrolysis) is 2. The summed E-state index contributed by atoms with van der Waals surface area (Å²) in [6, 6.07) is 13.2. The van der Waals surface area contributed by atoms with E-state index in [1.807, 2.05) is 55.1 Å². The van der Waals surface area contributed by atoms with E-state index in [-0.39, 0.29) is 29.8 Å². The second-order valence-electron chi connectivity index (χ2n) is 15.0. The number of carbonyl (C=O) groups excluding carboxylic acids is 4. The number of aromatic nitrogens is 4. The molecule has 59 heavy (non-hydrogen) atoms. The molecular formula is C43H44N8O6S2. The molecule has 2 aromatic carbocycles. The Labute approximate surface area is 348 Å². The normalized spacial score (nSPS) is 17.5. The Balaban J connectivity index is 0.981. The average Bonchev–Trinajstić information content (AvgIpc) is 4.11. The lowest BCUT2D eigenvalue weighted by molar-refractivity contribution is -0.135. The monoisotopic (exact) mass is 832 g/mol. The van der Waals surface area contributed by atoms with Crippen LogP contribution in [0.15, 0.2) is 65.5 Å². The number of amides is 4. The van der Waals surface area contributed by atoms with Crippen molar-refractivity contribution in [2.24, 2.45) is 5.92 Å². The predicted octanol–water partition coefficient (Wildman–Crippen LogP) is 7.43. The van der Waals surface area contributed by atoms with Gasteiger partial charge in [0.25, 0.3) is 5.91 Å². The maximum Gasteiger partial charge on any atom is 0.407 e. The molecule has 6 heterocycles. The van der Waals surface area contributed by atoms with E-state index in [1.165, 1.54) is 14.2 Å². The van der Waals surface area contributed by atoms with Gasteiger partial charge in [-0.25, -0.2) is 19.6 Å². The molecule has 2 saturated heterocycles. The van der Waals surface area contributed by atoms with E-state index in [4.69, 9.17) is 14.5 Å². The summed E-state index contributed by atoms with van der Waals surface area (Å²) >= 11 is 3.30. The Morgan fingerprint density at radius 1 is 0.831 bits per heavy atom. The van der Waals surface area contributed by atoms with Crippen molar-refractivity contribution in [2.45, 2.75) is 63.7 Å². The highest BCUT2D eigenvalue weighted by atomic mass is 32.1. The molecule has 16 heteroatoms. The fraction of sp³-hybridized carbons (Fsp3) is 0.349. The number of ether oxygens (including phenoxy) is 2. The van der Waals surface area contributed by atoms with E-state index >= 15 is 0 Å². The average molecular weight is 833 g/mol. The molecule has 0 radical (unpaired) electrons. The molecule has 6 aromatic rings. The lowest BCUT2D eigenvalue weighted by Crippen LogP contribution is -2.51. The van der Waals surface area contributed by atoms with Crippen LogP contribution in [-0.4, -0.2) is 87.1 Å². The van der Waals surface area contributed by atoms with Gasteiger partial charge in [-0.1, -0.05) is 56.2 Å². The molecule has 2 fully saturated rings. The first kappa shape index (κ1) is 39.6. The van der Waals surface area contributed by atoms with Gasteiger partial charge >= 0.3 is 12.2 Å². The summed E-state index contributed by atoms with van der Waals surface area (Å²) in [5.41, 5.74) is 6.09. The number of nitrogens with zero attached hydrogens (tertiary/aromatic N) is 4. The van der Waals surface area contributed by atoms with Gasteiger partial charge in [-0.3, -0.25) is 9.59 Å². The van der Waals surface area contributed by atoms with Crippen LogP contribution in [0, 0.1) is 17.8 Å². The minimum absolute atomic E-state index is 0.114. The van der Waals surface area contributed by atoms with Gasteiger partial charge in [-0.05, 0) is 60.8 Å². The zero-order chi connectivity index (χ0) is 41.2. The third kappa shape index (κ3) is 8.00. The third-order valence-corrected chi connectivity index (χ3v) is 13.1. The minimum Gasteiger partial charge on any atom is -0.453 e. The van der Waals surface area contributed by atoms with Crippen molar-refractivity contribution >= 4 is 67.1 Å². The lowest BCUT2D eigenvalue weighted by Gasteiger charge is -2.29. The van der Waals surface area contributed by atoms with Crippen molar-refractivity contribution < 1.29 is 28.7 Å². The zero-order valence-electron chi connectivity index (χ0n) is 33.0. The van der Waals surface area contributed by atoms with Gasteiger partial charge in [0, 0.05) is 29.4 Å². The summed E-state index contributed by atoms with van der Waals surface area (Å²) in [5.74, 6) is 7.48. The van der Waals surface area contributed by atoms with Gasteiger partial charge in [-0.2, -0.15) is 0 Å². The maximum atomic E-state index is 13.9. The Kier molecular flexibility index (Phi) is 11.4. The molecule has 0 aliphatic carbocycles. The van der Waals surface area contributed by atoms with Crippen molar-refractivity contribution in [3.63, 3.8) is 0 Å². The Bertz CT molecular complexity index is 2580. The highest BCUT2D eigenvalue weighted by molar-refractivity contribution is 7.27. The number of H-pyrrole nitrogens is 2. The molecule has 0 bridgehead atoms. The van der Waals surface area contributed by atoms with Crippen LogP contribution in [0.5, 0.6) is 0 Å². The maximum absolute atomic E-state index is 13.9. The van der Waals surface area contributed by atoms with E-state index in [2.05, 4.69) is 60.3 Å². The number of fused-ring (bicyclic) bond motifs is 2. The molecule has 4 N–H and O–H groups in total. The summed E-state index contributed by atoms with van der Waals surface area (Å²) < 4.78 is 11.8. The smallest absolute Gasteiger partial charge is 0.407 e. The highest BCUT2D eigenvalue weighted by Gasteiger charge is 2.39. The molecule has 304 valence electrons. The van der Waals surface area contributed by atoms with Crippen molar-refractivity contribution in [3.05, 3.63) is 94.0 Å². The number of thiophene rings is 2. The van der Waals surface area contributed by atoms with E-state index in [0.29, 0.717) is 30.2 Å². The lowest BCUT2D eigenvalue weighted by atomic mass is 10.0. The molecule has 4 amide bonds. The molecule has 4 aromatic heterocycles. The van der Waals surface area contributed by atoms with E-state index in [0.717, 1.165) is 68.6 Å². The molecule has 0 saturated carbocycles. The Hall–Kier alpha value is -6.18. The van der Waals surface area contributed by atoms with Crippen molar-refractivity contribution in [1.29, 1.82) is 0 Å². The van der Waals surface area contributed by atoms with Gasteiger partial charge in [0.15, 0.2) is 0 Å². The topological polar surface area (TPSA) is 175 Å². The van der Waals surface area contributed by atoms with Crippen molar-refractivity contribution in [3.8, 4) is 23.0 Å². The molecule has 2 aliphatic rings. The largest absolute Gasteiger partial charge is 0.453 e. The fourth-order valence-corrected chi connectivity index (χ4v) is 10.3. The van der Waals surface area contributed by atoms with Gasteiger partial charge in [-0.15, -0.1) is 22.7 Å². The van der Waals surface area contributed by atoms with Gasteiger partial charge in [0.2, 0.25) is 5.91 Å². The SMILES string of the molecule is COC(=O)N[C@@H](C(=O)N1CCC[C@H]1c1ncc(C#Cc2csc3c(-c4ccc5nc([C@H]6CCCN6C(=O)[C@H](NC(=O)OC)C(C)C)[nH]c5c4)csc23)[nH]1)c1ccccc1. The van der Waals surface area contributed by atoms with Gasteiger partial charge in [0.05, 0.1) is 58.5 Å². The molecule has 14 nitrogen and oxygen atoms in total. The van der Waals surface area contributed by atoms with E-state index in [9.17, 15) is 19.2 Å².